The van der Waals surface area contributed by atoms with Gasteiger partial charge in [-0.25, -0.2) is 4.68 Å². The molecule has 1 saturated heterocycles. The number of carbonyl (C=O) groups excluding carboxylic acids is 2. The number of ether oxygens (including phenoxy) is 1. The van der Waals surface area contributed by atoms with E-state index in [1.54, 1.807) is 32.9 Å². The summed E-state index contributed by atoms with van der Waals surface area (Å²) in [6, 6.07) is 19.8. The molecule has 0 N–H and O–H groups in total. The van der Waals surface area contributed by atoms with Gasteiger partial charge in [-0.1, -0.05) is 47.5 Å². The van der Waals surface area contributed by atoms with Gasteiger partial charge in [0.2, 0.25) is 11.8 Å². The van der Waals surface area contributed by atoms with Gasteiger partial charge < -0.3 is 9.64 Å². The Bertz CT molecular complexity index is 1480. The lowest BCUT2D eigenvalue weighted by molar-refractivity contribution is -0.134. The summed E-state index contributed by atoms with van der Waals surface area (Å²) >= 11 is 9.47. The van der Waals surface area contributed by atoms with E-state index in [0.717, 1.165) is 32.9 Å². The summed E-state index contributed by atoms with van der Waals surface area (Å²) in [7, 11) is 0. The van der Waals surface area contributed by atoms with E-state index in [1.807, 2.05) is 71.6 Å². The van der Waals surface area contributed by atoms with Crippen molar-refractivity contribution in [2.75, 3.05) is 43.5 Å². The fourth-order valence-corrected chi connectivity index (χ4v) is 7.22. The van der Waals surface area contributed by atoms with E-state index in [1.165, 1.54) is 0 Å². The maximum Gasteiger partial charge on any atom is 0.242 e. The largest absolute Gasteiger partial charge is 0.378 e. The Morgan fingerprint density at radius 2 is 1.82 bits per heavy atom. The first-order chi connectivity index (χ1) is 19.0. The predicted molar refractivity (Wildman–Crippen MR) is 157 cm³/mol. The number of hydrogen-bond donors (Lipinski definition) is 0. The molecule has 0 saturated carbocycles. The summed E-state index contributed by atoms with van der Waals surface area (Å²) in [5, 5.41) is 7.69. The molecular weight excluding hydrogens is 552 g/mol. The van der Waals surface area contributed by atoms with Crippen molar-refractivity contribution in [1.29, 1.82) is 0 Å². The van der Waals surface area contributed by atoms with E-state index in [9.17, 15) is 9.59 Å². The van der Waals surface area contributed by atoms with Gasteiger partial charge in [0.25, 0.3) is 0 Å². The van der Waals surface area contributed by atoms with Gasteiger partial charge in [0.15, 0.2) is 0 Å². The minimum absolute atomic E-state index is 0.0544. The third-order valence-corrected chi connectivity index (χ3v) is 9.52. The molecule has 7 nitrogen and oxygen atoms in total. The van der Waals surface area contributed by atoms with Crippen LogP contribution in [0.5, 0.6) is 0 Å². The van der Waals surface area contributed by atoms with Crippen molar-refractivity contribution in [2.45, 2.75) is 12.2 Å². The molecule has 1 atom stereocenters. The summed E-state index contributed by atoms with van der Waals surface area (Å²) in [4.78, 5) is 31.8. The number of hydrogen-bond acceptors (Lipinski definition) is 6. The van der Waals surface area contributed by atoms with Gasteiger partial charge in [0, 0.05) is 34.1 Å². The molecule has 39 heavy (non-hydrogen) atoms. The Kier molecular flexibility index (Phi) is 7.49. The SMILES string of the molecule is Cc1ccc(-n2nc(-c3ccc(Cl)cc3)c3c2N(CC(=O)N2CCOCC2)C(=O)CSC3c2cccs2)cc1. The molecule has 2 aliphatic rings. The lowest BCUT2D eigenvalue weighted by Crippen LogP contribution is -2.48. The molecule has 10 heteroatoms. The number of anilines is 1. The highest BCUT2D eigenvalue weighted by Crippen LogP contribution is 2.49. The molecule has 4 aromatic rings. The van der Waals surface area contributed by atoms with Crippen LogP contribution in [-0.2, 0) is 14.3 Å². The quantitative estimate of drug-likeness (QED) is 0.309. The van der Waals surface area contributed by atoms with Gasteiger partial charge in [-0.05, 0) is 42.6 Å². The van der Waals surface area contributed by atoms with Crippen LogP contribution in [0.3, 0.4) is 0 Å². The average molecular weight is 579 g/mol. The van der Waals surface area contributed by atoms with Crippen molar-refractivity contribution in [3.8, 4) is 16.9 Å². The van der Waals surface area contributed by atoms with Crippen molar-refractivity contribution >= 4 is 52.3 Å². The minimum Gasteiger partial charge on any atom is -0.378 e. The van der Waals surface area contributed by atoms with Crippen LogP contribution in [0.1, 0.15) is 21.3 Å². The third kappa shape index (κ3) is 5.24. The summed E-state index contributed by atoms with van der Waals surface area (Å²) in [5.41, 5.74) is 4.54. The van der Waals surface area contributed by atoms with Crippen LogP contribution in [0, 0.1) is 6.92 Å². The highest BCUT2D eigenvalue weighted by atomic mass is 35.5. The highest BCUT2D eigenvalue weighted by molar-refractivity contribution is 8.00. The average Bonchev–Trinajstić information content (AvgIpc) is 3.60. The predicted octanol–water partition coefficient (Wildman–Crippen LogP) is 5.59. The molecule has 2 aromatic carbocycles. The maximum absolute atomic E-state index is 13.8. The third-order valence-electron chi connectivity index (χ3n) is 6.94. The molecule has 2 aliphatic heterocycles. The Labute approximate surface area is 240 Å². The van der Waals surface area contributed by atoms with E-state index in [2.05, 4.69) is 6.07 Å². The van der Waals surface area contributed by atoms with E-state index in [-0.39, 0.29) is 29.4 Å². The molecular formula is C29H27ClN4O3S2. The van der Waals surface area contributed by atoms with Crippen LogP contribution < -0.4 is 4.90 Å². The van der Waals surface area contributed by atoms with Gasteiger partial charge in [-0.3, -0.25) is 14.5 Å². The number of aryl methyl sites for hydroxylation is 1. The molecule has 0 aliphatic carbocycles. The maximum atomic E-state index is 13.8. The Morgan fingerprint density at radius 3 is 2.51 bits per heavy atom. The van der Waals surface area contributed by atoms with Gasteiger partial charge >= 0.3 is 0 Å². The molecule has 1 unspecified atom stereocenters. The van der Waals surface area contributed by atoms with Crippen molar-refractivity contribution in [3.05, 3.63) is 87.1 Å². The van der Waals surface area contributed by atoms with E-state index in [0.29, 0.717) is 37.1 Å². The lowest BCUT2D eigenvalue weighted by Gasteiger charge is -2.30. The zero-order valence-electron chi connectivity index (χ0n) is 21.4. The number of rotatable bonds is 5. The molecule has 2 amide bonds. The fourth-order valence-electron chi connectivity index (χ4n) is 4.92. The number of benzene rings is 2. The molecule has 200 valence electrons. The number of morpholine rings is 1. The topological polar surface area (TPSA) is 67.7 Å². The van der Waals surface area contributed by atoms with Crippen molar-refractivity contribution in [2.24, 2.45) is 0 Å². The molecule has 0 radical (unpaired) electrons. The second kappa shape index (κ2) is 11.2. The van der Waals surface area contributed by atoms with Crippen LogP contribution in [-0.4, -0.2) is 65.1 Å². The van der Waals surface area contributed by atoms with E-state index in [4.69, 9.17) is 21.4 Å². The lowest BCUT2D eigenvalue weighted by atomic mass is 10.0. The summed E-state index contributed by atoms with van der Waals surface area (Å²) in [6.45, 7) is 4.03. The highest BCUT2D eigenvalue weighted by Gasteiger charge is 2.38. The number of aromatic nitrogens is 2. The number of thioether (sulfide) groups is 1. The monoisotopic (exact) mass is 578 g/mol. The number of thiophene rings is 1. The van der Waals surface area contributed by atoms with Gasteiger partial charge in [-0.2, -0.15) is 5.10 Å². The number of fused-ring (bicyclic) bond motifs is 1. The zero-order valence-corrected chi connectivity index (χ0v) is 23.8. The Morgan fingerprint density at radius 1 is 1.08 bits per heavy atom. The number of nitrogens with zero attached hydrogens (tertiary/aromatic N) is 4. The number of halogens is 1. The smallest absolute Gasteiger partial charge is 0.242 e. The van der Waals surface area contributed by atoms with E-state index < -0.39 is 0 Å². The molecule has 6 rings (SSSR count). The first kappa shape index (κ1) is 26.1. The van der Waals surface area contributed by atoms with Crippen LogP contribution in [0.15, 0.2) is 66.0 Å². The van der Waals surface area contributed by atoms with Crippen LogP contribution in [0.2, 0.25) is 5.02 Å². The van der Waals surface area contributed by atoms with Gasteiger partial charge in [0.1, 0.15) is 12.4 Å². The standard InChI is InChI=1S/C29H27ClN4O3S2/c1-19-4-10-22(11-5-19)34-29-26(27(31-34)20-6-8-21(30)9-7-20)28(23-3-2-16-38-23)39-18-25(36)33(29)17-24(35)32-12-14-37-15-13-32/h2-11,16,28H,12-15,17-18H2,1H3. The molecule has 0 bridgehead atoms. The van der Waals surface area contributed by atoms with Crippen LogP contribution in [0.4, 0.5) is 5.82 Å². The first-order valence-corrected chi connectivity index (χ1v) is 15.1. The van der Waals surface area contributed by atoms with Crippen molar-refractivity contribution in [1.82, 2.24) is 14.7 Å². The van der Waals surface area contributed by atoms with E-state index >= 15 is 0 Å². The number of amides is 2. The minimum atomic E-state index is -0.127. The Balaban J connectivity index is 1.57. The second-order valence-corrected chi connectivity index (χ2v) is 12.0. The normalized spacial score (nSPS) is 17.7. The van der Waals surface area contributed by atoms with Gasteiger partial charge in [-0.15, -0.1) is 23.1 Å². The fraction of sp³-hybridized carbons (Fsp3) is 0.276. The number of carbonyl (C=O) groups is 2. The molecule has 0 spiro atoms. The Hall–Kier alpha value is -3.11. The summed E-state index contributed by atoms with van der Waals surface area (Å²) in [6.07, 6.45) is 0. The summed E-state index contributed by atoms with van der Waals surface area (Å²) < 4.78 is 7.27. The molecule has 4 heterocycles. The molecule has 2 aromatic heterocycles. The second-order valence-electron chi connectivity index (χ2n) is 9.52. The van der Waals surface area contributed by atoms with Crippen molar-refractivity contribution in [3.63, 3.8) is 0 Å². The zero-order chi connectivity index (χ0) is 26.9. The van der Waals surface area contributed by atoms with Crippen LogP contribution >= 0.6 is 34.7 Å². The molecule has 1 fully saturated rings. The van der Waals surface area contributed by atoms with Crippen molar-refractivity contribution < 1.29 is 14.3 Å². The van der Waals surface area contributed by atoms with Crippen LogP contribution in [0.25, 0.3) is 16.9 Å². The first-order valence-electron chi connectivity index (χ1n) is 12.8. The van der Waals surface area contributed by atoms with Gasteiger partial charge in [0.05, 0.1) is 35.6 Å². The summed E-state index contributed by atoms with van der Waals surface area (Å²) in [5.74, 6) is 0.681.